The minimum atomic E-state index is -2.85. The molecule has 0 aliphatic carbocycles. The SMILES string of the molecule is N#Cc1ccc(CN2CCCN(CC(O)c3ccc(OC(F)F)cc3)CC2)cc1. The molecule has 1 saturated heterocycles. The van der Waals surface area contributed by atoms with Crippen molar-refractivity contribution in [1.82, 2.24) is 9.80 Å². The van der Waals surface area contributed by atoms with E-state index in [0.29, 0.717) is 17.7 Å². The number of β-amino-alcohol motifs (C(OH)–C–C–N with tert-alkyl or cyclic N) is 1. The molecule has 1 fully saturated rings. The molecule has 0 bridgehead atoms. The Bertz CT molecular complexity index is 806. The second-order valence-corrected chi connectivity index (χ2v) is 7.20. The minimum absolute atomic E-state index is 0.0872. The number of halogens is 2. The van der Waals surface area contributed by atoms with Gasteiger partial charge in [-0.3, -0.25) is 9.80 Å². The number of hydrogen-bond donors (Lipinski definition) is 1. The van der Waals surface area contributed by atoms with Crippen molar-refractivity contribution in [1.29, 1.82) is 5.26 Å². The van der Waals surface area contributed by atoms with E-state index in [9.17, 15) is 13.9 Å². The van der Waals surface area contributed by atoms with Gasteiger partial charge >= 0.3 is 6.61 Å². The number of aliphatic hydroxyl groups excluding tert-OH is 1. The number of alkyl halides is 2. The minimum Gasteiger partial charge on any atom is -0.435 e. The maximum atomic E-state index is 12.2. The van der Waals surface area contributed by atoms with Crippen molar-refractivity contribution < 1.29 is 18.6 Å². The number of ether oxygens (including phenoxy) is 1. The smallest absolute Gasteiger partial charge is 0.387 e. The first kappa shape index (κ1) is 21.2. The van der Waals surface area contributed by atoms with E-state index in [1.165, 1.54) is 17.7 Å². The van der Waals surface area contributed by atoms with Gasteiger partial charge in [-0.2, -0.15) is 14.0 Å². The third-order valence-electron chi connectivity index (χ3n) is 5.09. The molecule has 7 heteroatoms. The summed E-state index contributed by atoms with van der Waals surface area (Å²) in [6, 6.07) is 15.9. The van der Waals surface area contributed by atoms with E-state index in [2.05, 4.69) is 20.6 Å². The van der Waals surface area contributed by atoms with Gasteiger partial charge in [-0.15, -0.1) is 0 Å². The van der Waals surface area contributed by atoms with Crippen LogP contribution in [0.25, 0.3) is 0 Å². The third kappa shape index (κ3) is 6.50. The molecule has 1 aliphatic rings. The van der Waals surface area contributed by atoms with Crippen molar-refractivity contribution in [3.63, 3.8) is 0 Å². The molecular formula is C22H25F2N3O2. The molecule has 0 amide bonds. The Kier molecular flexibility index (Phi) is 7.53. The Morgan fingerprint density at radius 2 is 1.62 bits per heavy atom. The summed E-state index contributed by atoms with van der Waals surface area (Å²) in [5.41, 5.74) is 2.53. The molecule has 1 N–H and O–H groups in total. The molecule has 3 rings (SSSR count). The van der Waals surface area contributed by atoms with Gasteiger partial charge in [-0.1, -0.05) is 24.3 Å². The highest BCUT2D eigenvalue weighted by Gasteiger charge is 2.18. The summed E-state index contributed by atoms with van der Waals surface area (Å²) in [6.45, 7) is 2.11. The maximum absolute atomic E-state index is 12.2. The lowest BCUT2D eigenvalue weighted by Gasteiger charge is -2.24. The van der Waals surface area contributed by atoms with Gasteiger partial charge in [0.1, 0.15) is 5.75 Å². The average molecular weight is 401 g/mol. The van der Waals surface area contributed by atoms with Crippen molar-refractivity contribution >= 4 is 0 Å². The van der Waals surface area contributed by atoms with E-state index >= 15 is 0 Å². The number of hydrogen-bond acceptors (Lipinski definition) is 5. The van der Waals surface area contributed by atoms with Gasteiger partial charge in [-0.25, -0.2) is 0 Å². The quantitative estimate of drug-likeness (QED) is 0.771. The van der Waals surface area contributed by atoms with Crippen molar-refractivity contribution in [3.8, 4) is 11.8 Å². The molecule has 29 heavy (non-hydrogen) atoms. The summed E-state index contributed by atoms with van der Waals surface area (Å²) < 4.78 is 28.8. The van der Waals surface area contributed by atoms with Gasteiger partial charge in [-0.05, 0) is 54.9 Å². The highest BCUT2D eigenvalue weighted by atomic mass is 19.3. The van der Waals surface area contributed by atoms with Gasteiger partial charge in [0.2, 0.25) is 0 Å². The Hall–Kier alpha value is -2.53. The fourth-order valence-corrected chi connectivity index (χ4v) is 3.53. The van der Waals surface area contributed by atoms with E-state index in [0.717, 1.165) is 39.1 Å². The first-order valence-corrected chi connectivity index (χ1v) is 9.70. The van der Waals surface area contributed by atoms with Crippen LogP contribution in [0.3, 0.4) is 0 Å². The standard InChI is InChI=1S/C22H25F2N3O2/c23-22(24)29-20-8-6-19(7-9-20)21(28)16-27-11-1-10-26(12-13-27)15-18-4-2-17(14-25)3-5-18/h2-9,21-22,28H,1,10-13,15-16H2. The maximum Gasteiger partial charge on any atom is 0.387 e. The average Bonchev–Trinajstić information content (AvgIpc) is 2.94. The predicted octanol–water partition coefficient (Wildman–Crippen LogP) is 3.40. The Morgan fingerprint density at radius 3 is 2.28 bits per heavy atom. The zero-order chi connectivity index (χ0) is 20.6. The predicted molar refractivity (Wildman–Crippen MR) is 106 cm³/mol. The number of benzene rings is 2. The fourth-order valence-electron chi connectivity index (χ4n) is 3.53. The molecule has 0 spiro atoms. The van der Waals surface area contributed by atoms with E-state index in [-0.39, 0.29) is 5.75 Å². The zero-order valence-corrected chi connectivity index (χ0v) is 16.2. The topological polar surface area (TPSA) is 59.7 Å². The normalized spacial score (nSPS) is 16.9. The van der Waals surface area contributed by atoms with Gasteiger partial charge in [0.25, 0.3) is 0 Å². The van der Waals surface area contributed by atoms with Crippen LogP contribution in [-0.2, 0) is 6.54 Å². The van der Waals surface area contributed by atoms with Crippen LogP contribution in [0.5, 0.6) is 5.75 Å². The van der Waals surface area contributed by atoms with Gasteiger partial charge in [0.15, 0.2) is 0 Å². The number of rotatable bonds is 7. The van der Waals surface area contributed by atoms with Crippen LogP contribution in [0.15, 0.2) is 48.5 Å². The van der Waals surface area contributed by atoms with E-state index < -0.39 is 12.7 Å². The first-order valence-electron chi connectivity index (χ1n) is 9.70. The molecule has 0 radical (unpaired) electrons. The Morgan fingerprint density at radius 1 is 0.966 bits per heavy atom. The molecule has 5 nitrogen and oxygen atoms in total. The number of nitriles is 1. The van der Waals surface area contributed by atoms with Crippen LogP contribution < -0.4 is 4.74 Å². The second-order valence-electron chi connectivity index (χ2n) is 7.20. The summed E-state index contributed by atoms with van der Waals surface area (Å²) in [6.07, 6.45) is 0.324. The van der Waals surface area contributed by atoms with Crippen molar-refractivity contribution in [3.05, 3.63) is 65.2 Å². The van der Waals surface area contributed by atoms with Gasteiger partial charge in [0, 0.05) is 26.2 Å². The monoisotopic (exact) mass is 401 g/mol. The van der Waals surface area contributed by atoms with Crippen molar-refractivity contribution in [2.45, 2.75) is 25.7 Å². The highest BCUT2D eigenvalue weighted by molar-refractivity contribution is 5.31. The largest absolute Gasteiger partial charge is 0.435 e. The second kappa shape index (κ2) is 10.3. The van der Waals surface area contributed by atoms with Gasteiger partial charge < -0.3 is 9.84 Å². The van der Waals surface area contributed by atoms with Crippen molar-refractivity contribution in [2.24, 2.45) is 0 Å². The molecular weight excluding hydrogens is 376 g/mol. The van der Waals surface area contributed by atoms with Crippen LogP contribution in [0.1, 0.15) is 29.2 Å². The summed E-state index contributed by atoms with van der Waals surface area (Å²) >= 11 is 0. The lowest BCUT2D eigenvalue weighted by atomic mass is 10.1. The lowest BCUT2D eigenvalue weighted by molar-refractivity contribution is -0.0498. The number of aliphatic hydroxyl groups is 1. The first-order chi connectivity index (χ1) is 14.0. The third-order valence-corrected chi connectivity index (χ3v) is 5.09. The summed E-state index contributed by atoms with van der Waals surface area (Å²) in [5.74, 6) is 0.0872. The molecule has 1 atom stereocenters. The molecule has 1 unspecified atom stereocenters. The molecule has 1 heterocycles. The van der Waals surface area contributed by atoms with Crippen molar-refractivity contribution in [2.75, 3.05) is 32.7 Å². The molecule has 154 valence electrons. The van der Waals surface area contributed by atoms with Crippen LogP contribution in [0, 0.1) is 11.3 Å². The Balaban J connectivity index is 1.49. The number of nitrogens with zero attached hydrogens (tertiary/aromatic N) is 3. The van der Waals surface area contributed by atoms with Crippen LogP contribution in [0.4, 0.5) is 8.78 Å². The molecule has 1 aliphatic heterocycles. The molecule has 2 aromatic carbocycles. The molecule has 2 aromatic rings. The van der Waals surface area contributed by atoms with Crippen LogP contribution >= 0.6 is 0 Å². The fraction of sp³-hybridized carbons (Fsp3) is 0.409. The lowest BCUT2D eigenvalue weighted by Crippen LogP contribution is -2.33. The summed E-state index contributed by atoms with van der Waals surface area (Å²) in [7, 11) is 0. The van der Waals surface area contributed by atoms with E-state index in [1.807, 2.05) is 24.3 Å². The van der Waals surface area contributed by atoms with E-state index in [4.69, 9.17) is 5.26 Å². The van der Waals surface area contributed by atoms with Gasteiger partial charge in [0.05, 0.1) is 17.7 Å². The summed E-state index contributed by atoms with van der Waals surface area (Å²) in [4.78, 5) is 4.61. The van der Waals surface area contributed by atoms with Crippen LogP contribution in [0.2, 0.25) is 0 Å². The zero-order valence-electron chi connectivity index (χ0n) is 16.2. The highest BCUT2D eigenvalue weighted by Crippen LogP contribution is 2.21. The van der Waals surface area contributed by atoms with E-state index in [1.54, 1.807) is 12.1 Å². The van der Waals surface area contributed by atoms with Crippen LogP contribution in [-0.4, -0.2) is 54.2 Å². The molecule has 0 saturated carbocycles. The summed E-state index contributed by atoms with van der Waals surface area (Å²) in [5, 5.41) is 19.4. The Labute approximate surface area is 169 Å². The molecule has 0 aromatic heterocycles.